The fourth-order valence-corrected chi connectivity index (χ4v) is 3.92. The Morgan fingerprint density at radius 1 is 0.881 bits per heavy atom. The number of ether oxygens (including phenoxy) is 1. The number of anilines is 2. The number of hydrogen-bond acceptors (Lipinski definition) is 8. The van der Waals surface area contributed by atoms with Crippen molar-refractivity contribution in [2.75, 3.05) is 10.6 Å². The first-order valence-corrected chi connectivity index (χ1v) is 12.9. The summed E-state index contributed by atoms with van der Waals surface area (Å²) in [5, 5.41) is 13.2. The third-order valence-electron chi connectivity index (χ3n) is 5.80. The number of halogens is 3. The van der Waals surface area contributed by atoms with Crippen molar-refractivity contribution in [2.24, 2.45) is 0 Å². The highest BCUT2D eigenvalue weighted by molar-refractivity contribution is 5.91. The molecule has 0 aliphatic rings. The molecule has 42 heavy (non-hydrogen) atoms. The molecule has 0 aliphatic heterocycles. The maximum atomic E-state index is 12.4. The van der Waals surface area contributed by atoms with Gasteiger partial charge in [-0.05, 0) is 66.8 Å². The van der Waals surface area contributed by atoms with E-state index in [0.29, 0.717) is 37.1 Å². The molecule has 0 bridgehead atoms. The summed E-state index contributed by atoms with van der Waals surface area (Å²) in [6, 6.07) is 13.5. The zero-order valence-corrected chi connectivity index (χ0v) is 22.2. The molecular weight excluding hydrogens is 555 g/mol. The molecule has 2 N–H and O–H groups in total. The van der Waals surface area contributed by atoms with Crippen molar-refractivity contribution >= 4 is 23.5 Å². The number of benzene rings is 1. The van der Waals surface area contributed by atoms with Crippen LogP contribution in [0, 0.1) is 0 Å². The molecule has 1 aromatic carbocycles. The summed E-state index contributed by atoms with van der Waals surface area (Å²) in [5.41, 5.74) is 1.29. The smallest absolute Gasteiger partial charge is 0.406 e. The van der Waals surface area contributed by atoms with Crippen LogP contribution < -0.4 is 21.1 Å². The van der Waals surface area contributed by atoms with Gasteiger partial charge in [-0.15, -0.1) is 18.3 Å². The number of pyridine rings is 1. The number of carbonyl (C=O) groups is 2. The predicted molar refractivity (Wildman–Crippen MR) is 145 cm³/mol. The van der Waals surface area contributed by atoms with Gasteiger partial charge in [0.15, 0.2) is 5.82 Å². The molecular formula is C28H26F3N7O4. The second-order valence-corrected chi connectivity index (χ2v) is 9.16. The predicted octanol–water partition coefficient (Wildman–Crippen LogP) is 3.71. The van der Waals surface area contributed by atoms with Crippen molar-refractivity contribution in [1.29, 1.82) is 0 Å². The van der Waals surface area contributed by atoms with E-state index in [2.05, 4.69) is 35.5 Å². The first-order valence-electron chi connectivity index (χ1n) is 12.9. The SMILES string of the molecule is O=C(Cc1cccc(OC(F)(F)F)c1)Nc1ccc(CCCCn2ccc(NC(=O)Cc3cccnc3)nc2=O)nn1. The van der Waals surface area contributed by atoms with E-state index >= 15 is 0 Å². The van der Waals surface area contributed by atoms with Crippen LogP contribution in [0.5, 0.6) is 5.75 Å². The summed E-state index contributed by atoms with van der Waals surface area (Å²) >= 11 is 0. The van der Waals surface area contributed by atoms with Crippen LogP contribution in [0.1, 0.15) is 29.7 Å². The van der Waals surface area contributed by atoms with E-state index in [1.54, 1.807) is 48.9 Å². The first-order chi connectivity index (χ1) is 20.1. The van der Waals surface area contributed by atoms with E-state index in [1.165, 1.54) is 16.7 Å². The van der Waals surface area contributed by atoms with Crippen molar-refractivity contribution < 1.29 is 27.5 Å². The number of carbonyl (C=O) groups excluding carboxylic acids is 2. The zero-order valence-electron chi connectivity index (χ0n) is 22.2. The van der Waals surface area contributed by atoms with Gasteiger partial charge in [0, 0.05) is 25.1 Å². The Balaban J connectivity index is 1.18. The van der Waals surface area contributed by atoms with Gasteiger partial charge in [0.2, 0.25) is 11.8 Å². The molecule has 0 unspecified atom stereocenters. The minimum absolute atomic E-state index is 0.119. The van der Waals surface area contributed by atoms with Crippen molar-refractivity contribution in [3.8, 4) is 5.75 Å². The number of amides is 2. The highest BCUT2D eigenvalue weighted by atomic mass is 19.4. The van der Waals surface area contributed by atoms with E-state index in [1.807, 2.05) is 0 Å². The van der Waals surface area contributed by atoms with Crippen LogP contribution in [0.3, 0.4) is 0 Å². The fraction of sp³-hybridized carbons (Fsp3) is 0.250. The van der Waals surface area contributed by atoms with Crippen molar-refractivity contribution in [3.63, 3.8) is 0 Å². The Morgan fingerprint density at radius 2 is 1.64 bits per heavy atom. The number of aromatic nitrogens is 5. The van der Waals surface area contributed by atoms with Gasteiger partial charge in [-0.2, -0.15) is 10.1 Å². The number of hydrogen-bond donors (Lipinski definition) is 2. The number of nitrogens with one attached hydrogen (secondary N) is 2. The minimum Gasteiger partial charge on any atom is -0.406 e. The average molecular weight is 582 g/mol. The molecule has 11 nitrogen and oxygen atoms in total. The zero-order chi connectivity index (χ0) is 30.0. The lowest BCUT2D eigenvalue weighted by molar-refractivity contribution is -0.274. The first kappa shape index (κ1) is 29.8. The third-order valence-corrected chi connectivity index (χ3v) is 5.80. The molecule has 0 fully saturated rings. The lowest BCUT2D eigenvalue weighted by Gasteiger charge is -2.10. The van der Waals surface area contributed by atoms with Gasteiger partial charge < -0.3 is 15.4 Å². The number of aryl methyl sites for hydroxylation is 2. The number of unbranched alkanes of at least 4 members (excludes halogenated alkanes) is 1. The van der Waals surface area contributed by atoms with Crippen LogP contribution in [-0.2, 0) is 35.4 Å². The standard InChI is InChI=1S/C28H26F3N7O4/c29-28(30,31)42-22-8-3-5-19(15-22)16-25(39)34-24-10-9-21(36-37-24)7-1-2-13-38-14-11-23(35-27(38)41)33-26(40)17-20-6-4-12-32-18-20/h3-6,8-12,14-15,18H,1-2,7,13,16-17H2,(H,34,37,39)(H,33,35,40,41). The summed E-state index contributed by atoms with van der Waals surface area (Å²) < 4.78 is 42.5. The van der Waals surface area contributed by atoms with E-state index in [0.717, 1.165) is 17.7 Å². The van der Waals surface area contributed by atoms with Crippen LogP contribution in [-0.4, -0.2) is 42.9 Å². The summed E-state index contributed by atoms with van der Waals surface area (Å²) in [6.07, 6.45) is 1.85. The second-order valence-electron chi connectivity index (χ2n) is 9.16. The Kier molecular flexibility index (Phi) is 9.92. The van der Waals surface area contributed by atoms with E-state index in [4.69, 9.17) is 0 Å². The summed E-state index contributed by atoms with van der Waals surface area (Å²) in [5.74, 6) is -0.798. The van der Waals surface area contributed by atoms with E-state index in [-0.39, 0.29) is 30.4 Å². The Morgan fingerprint density at radius 3 is 2.33 bits per heavy atom. The quantitative estimate of drug-likeness (QED) is 0.241. The maximum Gasteiger partial charge on any atom is 0.573 e. The molecule has 4 rings (SSSR count). The average Bonchev–Trinajstić information content (AvgIpc) is 2.92. The monoisotopic (exact) mass is 581 g/mol. The number of rotatable bonds is 12. The van der Waals surface area contributed by atoms with Crippen LogP contribution >= 0.6 is 0 Å². The van der Waals surface area contributed by atoms with Gasteiger partial charge in [0.05, 0.1) is 18.5 Å². The number of alkyl halides is 3. The highest BCUT2D eigenvalue weighted by Gasteiger charge is 2.31. The molecule has 0 radical (unpaired) electrons. The second kappa shape index (κ2) is 14.0. The lowest BCUT2D eigenvalue weighted by Crippen LogP contribution is -2.25. The van der Waals surface area contributed by atoms with E-state index < -0.39 is 23.7 Å². The normalized spacial score (nSPS) is 11.1. The van der Waals surface area contributed by atoms with Crippen LogP contribution in [0.25, 0.3) is 0 Å². The van der Waals surface area contributed by atoms with Gasteiger partial charge in [0.1, 0.15) is 11.6 Å². The largest absolute Gasteiger partial charge is 0.573 e. The summed E-state index contributed by atoms with van der Waals surface area (Å²) in [7, 11) is 0. The topological polar surface area (TPSA) is 141 Å². The van der Waals surface area contributed by atoms with Gasteiger partial charge in [-0.3, -0.25) is 19.1 Å². The summed E-state index contributed by atoms with van der Waals surface area (Å²) in [6.45, 7) is 0.423. The van der Waals surface area contributed by atoms with Gasteiger partial charge in [-0.1, -0.05) is 18.2 Å². The van der Waals surface area contributed by atoms with E-state index in [9.17, 15) is 27.6 Å². The van der Waals surface area contributed by atoms with Crippen LogP contribution in [0.15, 0.2) is 78.0 Å². The van der Waals surface area contributed by atoms with Crippen molar-refractivity contribution in [1.82, 2.24) is 24.7 Å². The van der Waals surface area contributed by atoms with Gasteiger partial charge in [-0.25, -0.2) is 4.79 Å². The molecule has 3 aromatic heterocycles. The molecule has 2 amide bonds. The van der Waals surface area contributed by atoms with Crippen LogP contribution in [0.4, 0.5) is 24.8 Å². The third kappa shape index (κ3) is 9.80. The van der Waals surface area contributed by atoms with Crippen molar-refractivity contribution in [2.45, 2.75) is 45.0 Å². The minimum atomic E-state index is -4.82. The molecule has 0 spiro atoms. The molecule has 0 aliphatic carbocycles. The van der Waals surface area contributed by atoms with Gasteiger partial charge in [0.25, 0.3) is 0 Å². The van der Waals surface area contributed by atoms with Crippen molar-refractivity contribution in [3.05, 3.63) is 100 Å². The Hall–Kier alpha value is -5.14. The van der Waals surface area contributed by atoms with Gasteiger partial charge >= 0.3 is 12.1 Å². The Bertz CT molecular complexity index is 1560. The highest BCUT2D eigenvalue weighted by Crippen LogP contribution is 2.23. The molecule has 0 saturated heterocycles. The summed E-state index contributed by atoms with van der Waals surface area (Å²) in [4.78, 5) is 44.7. The molecule has 4 aromatic rings. The van der Waals surface area contributed by atoms with Crippen LogP contribution in [0.2, 0.25) is 0 Å². The number of nitrogens with zero attached hydrogens (tertiary/aromatic N) is 5. The molecule has 0 atom stereocenters. The lowest BCUT2D eigenvalue weighted by atomic mass is 10.1. The molecule has 3 heterocycles. The fourth-order valence-electron chi connectivity index (χ4n) is 3.92. The molecule has 14 heteroatoms. The molecule has 0 saturated carbocycles. The molecule has 218 valence electrons. The maximum absolute atomic E-state index is 12.4. The Labute approximate surface area is 237 Å².